The number of unbranched alkanes of at least 4 members (excludes halogenated alkanes) is 14. The fourth-order valence-electron chi connectivity index (χ4n) is 5.59. The number of quaternary nitrogens is 1. The minimum atomic E-state index is -1.14. The number of carbonyl (C=O) groups excluding carboxylic acids is 3. The second-order valence-corrected chi connectivity index (χ2v) is 14.5. The van der Waals surface area contributed by atoms with E-state index < -0.39 is 24.1 Å². The maximum atomic E-state index is 12.5. The van der Waals surface area contributed by atoms with Crippen molar-refractivity contribution in [2.75, 3.05) is 41.0 Å². The number of esters is 2. The maximum absolute atomic E-state index is 12.5. The number of carboxylic acid groups (broad SMARTS) is 1. The van der Waals surface area contributed by atoms with Gasteiger partial charge in [-0.1, -0.05) is 133 Å². The molecule has 0 N–H and O–H groups in total. The van der Waals surface area contributed by atoms with E-state index in [2.05, 4.69) is 50.3 Å². The number of rotatable bonds is 35. The Balaban J connectivity index is 4.23. The number of hydrogen-bond acceptors (Lipinski definition) is 7. The van der Waals surface area contributed by atoms with Crippen molar-refractivity contribution in [3.05, 3.63) is 48.6 Å². The Kier molecular flexibility index (Phi) is 32.6. The summed E-state index contributed by atoms with van der Waals surface area (Å²) in [6, 6.07) is -0.733. The van der Waals surface area contributed by atoms with Crippen LogP contribution in [0.15, 0.2) is 48.6 Å². The Hall–Kier alpha value is -2.71. The quantitative estimate of drug-likeness (QED) is 0.0212. The van der Waals surface area contributed by atoms with Gasteiger partial charge >= 0.3 is 11.9 Å². The molecule has 0 aromatic carbocycles. The van der Waals surface area contributed by atoms with Crippen LogP contribution in [0.2, 0.25) is 0 Å². The van der Waals surface area contributed by atoms with Crippen LogP contribution in [-0.2, 0) is 28.6 Å². The first kappa shape index (κ1) is 48.3. The average molecular weight is 718 g/mol. The summed E-state index contributed by atoms with van der Waals surface area (Å²) in [7, 11) is 5.37. The molecule has 0 aliphatic carbocycles. The van der Waals surface area contributed by atoms with E-state index >= 15 is 0 Å². The summed E-state index contributed by atoms with van der Waals surface area (Å²) in [5, 5.41) is 11.6. The summed E-state index contributed by atoms with van der Waals surface area (Å²) < 4.78 is 17.0. The number of aliphatic carboxylic acids is 1. The number of carboxylic acids is 1. The minimum absolute atomic E-state index is 0.0154. The molecule has 0 spiro atoms. The summed E-state index contributed by atoms with van der Waals surface area (Å²) in [5.74, 6) is -1.84. The number of ether oxygens (including phenoxy) is 3. The molecule has 2 atom stereocenters. The number of likely N-dealkylation sites (N-methyl/N-ethyl adjacent to an activating group) is 1. The number of hydrogen-bond donors (Lipinski definition) is 0. The molecule has 0 rings (SSSR count). The fourth-order valence-corrected chi connectivity index (χ4v) is 5.59. The Morgan fingerprint density at radius 3 is 1.76 bits per heavy atom. The number of carbonyl (C=O) groups is 3. The third-order valence-corrected chi connectivity index (χ3v) is 8.74. The lowest BCUT2D eigenvalue weighted by Crippen LogP contribution is -2.55. The summed E-state index contributed by atoms with van der Waals surface area (Å²) in [4.78, 5) is 36.5. The van der Waals surface area contributed by atoms with Gasteiger partial charge in [0.25, 0.3) is 0 Å². The van der Waals surface area contributed by atoms with Crippen LogP contribution in [0.1, 0.15) is 155 Å². The van der Waals surface area contributed by atoms with Gasteiger partial charge in [0, 0.05) is 19.3 Å². The normalized spacial score (nSPS) is 13.5. The molecule has 294 valence electrons. The van der Waals surface area contributed by atoms with Gasteiger partial charge < -0.3 is 28.6 Å². The van der Waals surface area contributed by atoms with E-state index in [1.807, 2.05) is 12.2 Å². The Bertz CT molecular complexity index is 979. The number of nitrogens with zero attached hydrogens (tertiary/aromatic N) is 1. The van der Waals surface area contributed by atoms with Crippen molar-refractivity contribution in [1.29, 1.82) is 0 Å². The molecule has 0 aromatic heterocycles. The van der Waals surface area contributed by atoms with Gasteiger partial charge in [-0.25, -0.2) is 0 Å². The smallest absolute Gasteiger partial charge is 0.306 e. The van der Waals surface area contributed by atoms with Crippen molar-refractivity contribution in [3.63, 3.8) is 0 Å². The summed E-state index contributed by atoms with van der Waals surface area (Å²) in [6.45, 7) is 4.41. The van der Waals surface area contributed by atoms with Crippen LogP contribution < -0.4 is 5.11 Å². The molecule has 0 saturated heterocycles. The van der Waals surface area contributed by atoms with Crippen molar-refractivity contribution in [1.82, 2.24) is 0 Å². The molecule has 0 bridgehead atoms. The van der Waals surface area contributed by atoms with E-state index in [0.717, 1.165) is 32.1 Å². The second kappa shape index (κ2) is 34.4. The van der Waals surface area contributed by atoms with Crippen molar-refractivity contribution in [3.8, 4) is 0 Å². The summed E-state index contributed by atoms with van der Waals surface area (Å²) in [5.41, 5.74) is 0. The predicted octanol–water partition coefficient (Wildman–Crippen LogP) is 9.13. The summed E-state index contributed by atoms with van der Waals surface area (Å²) >= 11 is 0. The third-order valence-electron chi connectivity index (χ3n) is 8.74. The monoisotopic (exact) mass is 718 g/mol. The molecule has 2 unspecified atom stereocenters. The van der Waals surface area contributed by atoms with Crippen molar-refractivity contribution in [2.24, 2.45) is 0 Å². The van der Waals surface area contributed by atoms with Crippen LogP contribution in [-0.4, -0.2) is 75.5 Å². The van der Waals surface area contributed by atoms with Gasteiger partial charge in [-0.3, -0.25) is 9.59 Å². The first-order valence-corrected chi connectivity index (χ1v) is 20.2. The Morgan fingerprint density at radius 2 is 1.20 bits per heavy atom. The van der Waals surface area contributed by atoms with Crippen LogP contribution in [0.5, 0.6) is 0 Å². The lowest BCUT2D eigenvalue weighted by atomic mass is 10.1. The van der Waals surface area contributed by atoms with E-state index in [9.17, 15) is 19.5 Å². The van der Waals surface area contributed by atoms with Crippen LogP contribution in [0, 0.1) is 0 Å². The zero-order valence-corrected chi connectivity index (χ0v) is 33.3. The summed E-state index contributed by atoms with van der Waals surface area (Å²) in [6.07, 6.45) is 38.9. The topological polar surface area (TPSA) is 102 Å². The predicted molar refractivity (Wildman–Crippen MR) is 208 cm³/mol. The first-order chi connectivity index (χ1) is 24.6. The highest BCUT2D eigenvalue weighted by Crippen LogP contribution is 2.13. The maximum Gasteiger partial charge on any atom is 0.306 e. The molecule has 8 nitrogen and oxygen atoms in total. The van der Waals surface area contributed by atoms with Gasteiger partial charge in [-0.2, -0.15) is 0 Å². The zero-order valence-electron chi connectivity index (χ0n) is 33.3. The van der Waals surface area contributed by atoms with E-state index in [0.29, 0.717) is 12.8 Å². The molecule has 0 heterocycles. The molecular formula is C43H75NO7. The fraction of sp³-hybridized carbons (Fsp3) is 0.744. The Morgan fingerprint density at radius 1 is 0.627 bits per heavy atom. The Labute approximate surface area is 312 Å². The first-order valence-electron chi connectivity index (χ1n) is 20.2. The van der Waals surface area contributed by atoms with Gasteiger partial charge in [-0.05, 0) is 51.4 Å². The van der Waals surface area contributed by atoms with Gasteiger partial charge in [-0.15, -0.1) is 0 Å². The standard InChI is InChI=1S/C43H75NO7/c1-6-8-10-12-14-15-16-17-18-19-20-21-22-23-24-25-26-28-29-31-33-41(45)50-38-39(37-49-36-35-40(43(47)48)44(3,4)5)51-42(46)34-32-30-27-13-11-9-7-2/h9,11,15-18,27,30,39-40H,6-8,10,12-14,19-26,28-29,31-38H2,1-5H3/b11-9+,16-15+,18-17+,30-27+. The molecule has 0 fully saturated rings. The molecule has 0 saturated carbocycles. The van der Waals surface area contributed by atoms with Crippen molar-refractivity contribution in [2.45, 2.75) is 167 Å². The molecule has 0 aliphatic rings. The van der Waals surface area contributed by atoms with Crippen LogP contribution >= 0.6 is 0 Å². The molecule has 0 aliphatic heterocycles. The SMILES string of the molecule is CC/C=C/C/C=C/CCC(=O)OC(COCCC(C(=O)[O-])[N+](C)(C)C)COC(=O)CCCCCCCCCCCC/C=C/C=C/CCCCCC. The van der Waals surface area contributed by atoms with Gasteiger partial charge in [0.05, 0.1) is 40.3 Å². The zero-order chi connectivity index (χ0) is 37.8. The molecular weight excluding hydrogens is 642 g/mol. The second-order valence-electron chi connectivity index (χ2n) is 14.5. The van der Waals surface area contributed by atoms with E-state index in [-0.39, 0.29) is 43.1 Å². The van der Waals surface area contributed by atoms with Crippen LogP contribution in [0.25, 0.3) is 0 Å². The molecule has 0 radical (unpaired) electrons. The van der Waals surface area contributed by atoms with Gasteiger partial charge in [0.15, 0.2) is 6.10 Å². The molecule has 0 aromatic rings. The van der Waals surface area contributed by atoms with Crippen LogP contribution in [0.3, 0.4) is 0 Å². The highest BCUT2D eigenvalue weighted by atomic mass is 16.6. The molecule has 0 amide bonds. The van der Waals surface area contributed by atoms with Gasteiger partial charge in [0.2, 0.25) is 0 Å². The van der Waals surface area contributed by atoms with Crippen molar-refractivity contribution < 1.29 is 38.2 Å². The van der Waals surface area contributed by atoms with E-state index in [1.54, 1.807) is 21.1 Å². The molecule has 8 heteroatoms. The minimum Gasteiger partial charge on any atom is -0.544 e. The lowest BCUT2D eigenvalue weighted by molar-refractivity contribution is -0.889. The number of allylic oxidation sites excluding steroid dienone is 8. The van der Waals surface area contributed by atoms with E-state index in [4.69, 9.17) is 14.2 Å². The lowest BCUT2D eigenvalue weighted by Gasteiger charge is -2.34. The van der Waals surface area contributed by atoms with Crippen LogP contribution in [0.4, 0.5) is 0 Å². The van der Waals surface area contributed by atoms with Crippen molar-refractivity contribution >= 4 is 17.9 Å². The molecule has 51 heavy (non-hydrogen) atoms. The average Bonchev–Trinajstić information content (AvgIpc) is 3.08. The van der Waals surface area contributed by atoms with Gasteiger partial charge in [0.1, 0.15) is 12.6 Å². The highest BCUT2D eigenvalue weighted by Gasteiger charge is 2.25. The highest BCUT2D eigenvalue weighted by molar-refractivity contribution is 5.70. The van der Waals surface area contributed by atoms with E-state index in [1.165, 1.54) is 83.5 Å². The third kappa shape index (κ3) is 32.9. The largest absolute Gasteiger partial charge is 0.544 e.